The molecule has 1 heterocycles. The second-order valence-electron chi connectivity index (χ2n) is 12.7. The SMILES string of the molecule is CCCCCCCCCCCCCCN(CCCCCCCCCCCCCC)Cn1nnc2c1CCCC2. The van der Waals surface area contributed by atoms with Crippen molar-refractivity contribution < 1.29 is 0 Å². The summed E-state index contributed by atoms with van der Waals surface area (Å²) in [4.78, 5) is 2.69. The summed E-state index contributed by atoms with van der Waals surface area (Å²) in [6.07, 6.45) is 39.1. The van der Waals surface area contributed by atoms with Gasteiger partial charge in [-0.2, -0.15) is 0 Å². The molecule has 0 bridgehead atoms. The lowest BCUT2D eigenvalue weighted by Crippen LogP contribution is -2.30. The molecule has 0 aromatic carbocycles. The third-order valence-corrected chi connectivity index (χ3v) is 8.98. The van der Waals surface area contributed by atoms with Gasteiger partial charge in [0.1, 0.15) is 0 Å². The number of nitrogens with zero attached hydrogens (tertiary/aromatic N) is 4. The van der Waals surface area contributed by atoms with Gasteiger partial charge in [-0.05, 0) is 51.6 Å². The van der Waals surface area contributed by atoms with Crippen LogP contribution in [0.1, 0.15) is 192 Å². The first-order chi connectivity index (χ1) is 19.3. The van der Waals surface area contributed by atoms with Gasteiger partial charge < -0.3 is 0 Å². The molecule has 0 aliphatic heterocycles. The average Bonchev–Trinajstić information content (AvgIpc) is 3.36. The number of hydrogen-bond acceptors (Lipinski definition) is 3. The lowest BCUT2D eigenvalue weighted by atomic mass is 10.0. The molecule has 0 atom stereocenters. The van der Waals surface area contributed by atoms with Gasteiger partial charge in [-0.15, -0.1) is 5.10 Å². The first-order valence-corrected chi connectivity index (χ1v) is 18.0. The maximum absolute atomic E-state index is 4.58. The Bertz CT molecular complexity index is 627. The highest BCUT2D eigenvalue weighted by Crippen LogP contribution is 2.20. The molecule has 1 aliphatic rings. The van der Waals surface area contributed by atoms with Crippen LogP contribution in [0.3, 0.4) is 0 Å². The van der Waals surface area contributed by atoms with Gasteiger partial charge in [0.2, 0.25) is 0 Å². The summed E-state index contributed by atoms with van der Waals surface area (Å²) >= 11 is 0. The largest absolute Gasteiger partial charge is 0.284 e. The van der Waals surface area contributed by atoms with Crippen LogP contribution in [0.4, 0.5) is 0 Å². The van der Waals surface area contributed by atoms with Gasteiger partial charge in [0, 0.05) is 0 Å². The van der Waals surface area contributed by atoms with Crippen molar-refractivity contribution in [1.82, 2.24) is 19.9 Å². The Morgan fingerprint density at radius 3 is 1.33 bits per heavy atom. The summed E-state index contributed by atoms with van der Waals surface area (Å²) in [7, 11) is 0. The number of rotatable bonds is 28. The fraction of sp³-hybridized carbons (Fsp3) is 0.943. The van der Waals surface area contributed by atoms with Crippen molar-refractivity contribution in [2.45, 2.75) is 200 Å². The Hall–Kier alpha value is -0.900. The maximum Gasteiger partial charge on any atom is 0.0949 e. The summed E-state index contributed by atoms with van der Waals surface area (Å²) in [6, 6.07) is 0. The van der Waals surface area contributed by atoms with Gasteiger partial charge in [0.15, 0.2) is 0 Å². The highest BCUT2D eigenvalue weighted by atomic mass is 15.5. The predicted octanol–water partition coefficient (Wildman–Crippen LogP) is 10.8. The molecular weight excluding hydrogens is 476 g/mol. The minimum atomic E-state index is 0.957. The number of hydrogen-bond donors (Lipinski definition) is 0. The van der Waals surface area contributed by atoms with Crippen LogP contribution >= 0.6 is 0 Å². The minimum Gasteiger partial charge on any atom is -0.284 e. The molecule has 1 aromatic heterocycles. The molecule has 0 N–H and O–H groups in total. The first-order valence-electron chi connectivity index (χ1n) is 18.0. The van der Waals surface area contributed by atoms with Crippen LogP contribution in [0, 0.1) is 0 Å². The molecule has 0 saturated heterocycles. The van der Waals surface area contributed by atoms with E-state index in [0.29, 0.717) is 0 Å². The van der Waals surface area contributed by atoms with Gasteiger partial charge >= 0.3 is 0 Å². The van der Waals surface area contributed by atoms with Crippen molar-refractivity contribution in [2.24, 2.45) is 0 Å². The van der Waals surface area contributed by atoms with E-state index in [1.54, 1.807) is 0 Å². The van der Waals surface area contributed by atoms with Crippen LogP contribution in [0.15, 0.2) is 0 Å². The molecule has 1 aromatic rings. The summed E-state index contributed by atoms with van der Waals surface area (Å²) in [5.41, 5.74) is 2.70. The molecule has 0 saturated carbocycles. The third kappa shape index (κ3) is 17.5. The fourth-order valence-corrected chi connectivity index (χ4v) is 6.33. The third-order valence-electron chi connectivity index (χ3n) is 8.98. The molecule has 0 amide bonds. The van der Waals surface area contributed by atoms with E-state index in [-0.39, 0.29) is 0 Å². The van der Waals surface area contributed by atoms with Crippen LogP contribution in [0.5, 0.6) is 0 Å². The molecule has 0 fully saturated rings. The lowest BCUT2D eigenvalue weighted by molar-refractivity contribution is 0.193. The standard InChI is InChI=1S/C35H68N4/c1-3-5-7-9-11-13-15-17-19-21-23-27-31-38(33-39-35-30-26-25-29-34(35)36-37-39)32-28-24-22-20-18-16-14-12-10-8-6-4-2/h3-33H2,1-2H3. The second-order valence-corrected chi connectivity index (χ2v) is 12.7. The minimum absolute atomic E-state index is 0.957. The van der Waals surface area contributed by atoms with Gasteiger partial charge in [0.05, 0.1) is 18.1 Å². The van der Waals surface area contributed by atoms with Crippen LogP contribution in [0.25, 0.3) is 0 Å². The maximum atomic E-state index is 4.58. The van der Waals surface area contributed by atoms with Gasteiger partial charge in [-0.1, -0.05) is 160 Å². The van der Waals surface area contributed by atoms with E-state index in [2.05, 4.69) is 33.7 Å². The Morgan fingerprint density at radius 2 is 0.897 bits per heavy atom. The quantitative estimate of drug-likeness (QED) is 0.0984. The van der Waals surface area contributed by atoms with Gasteiger partial charge in [-0.25, -0.2) is 4.68 Å². The monoisotopic (exact) mass is 545 g/mol. The van der Waals surface area contributed by atoms with E-state index in [0.717, 1.165) is 13.1 Å². The van der Waals surface area contributed by atoms with Crippen LogP contribution in [-0.2, 0) is 19.5 Å². The molecule has 4 heteroatoms. The highest BCUT2D eigenvalue weighted by Gasteiger charge is 2.18. The zero-order valence-corrected chi connectivity index (χ0v) is 26.7. The molecule has 0 spiro atoms. The van der Waals surface area contributed by atoms with Crippen molar-refractivity contribution in [2.75, 3.05) is 13.1 Å². The molecule has 1 aliphatic carbocycles. The van der Waals surface area contributed by atoms with Crippen molar-refractivity contribution >= 4 is 0 Å². The number of aromatic nitrogens is 3. The summed E-state index contributed by atoms with van der Waals surface area (Å²) < 4.78 is 2.25. The zero-order chi connectivity index (χ0) is 27.6. The Kier molecular flexibility index (Phi) is 21.9. The smallest absolute Gasteiger partial charge is 0.0949 e. The Balaban J connectivity index is 1.56. The highest BCUT2D eigenvalue weighted by molar-refractivity contribution is 5.13. The van der Waals surface area contributed by atoms with E-state index in [9.17, 15) is 0 Å². The lowest BCUT2D eigenvalue weighted by Gasteiger charge is -2.23. The van der Waals surface area contributed by atoms with Gasteiger partial charge in [-0.3, -0.25) is 4.90 Å². The summed E-state index contributed by atoms with van der Waals surface area (Å²) in [5.74, 6) is 0. The second kappa shape index (κ2) is 24.9. The number of fused-ring (bicyclic) bond motifs is 1. The van der Waals surface area contributed by atoms with Crippen molar-refractivity contribution in [3.63, 3.8) is 0 Å². The summed E-state index contributed by atoms with van der Waals surface area (Å²) in [5, 5.41) is 9.11. The molecule has 2 rings (SSSR count). The van der Waals surface area contributed by atoms with Gasteiger partial charge in [0.25, 0.3) is 0 Å². The molecule has 0 radical (unpaired) electrons. The van der Waals surface area contributed by atoms with Crippen molar-refractivity contribution in [1.29, 1.82) is 0 Å². The first kappa shape index (κ1) is 34.3. The van der Waals surface area contributed by atoms with Crippen molar-refractivity contribution in [3.05, 3.63) is 11.4 Å². The van der Waals surface area contributed by atoms with E-state index in [4.69, 9.17) is 0 Å². The zero-order valence-electron chi connectivity index (χ0n) is 26.7. The topological polar surface area (TPSA) is 34.0 Å². The number of aryl methyl sites for hydroxylation is 1. The molecule has 4 nitrogen and oxygen atoms in total. The average molecular weight is 545 g/mol. The van der Waals surface area contributed by atoms with Crippen LogP contribution < -0.4 is 0 Å². The Morgan fingerprint density at radius 1 is 0.513 bits per heavy atom. The Labute approximate surface area is 244 Å². The summed E-state index contributed by atoms with van der Waals surface area (Å²) in [6.45, 7) is 8.02. The number of unbranched alkanes of at least 4 members (excludes halogenated alkanes) is 22. The molecule has 39 heavy (non-hydrogen) atoms. The van der Waals surface area contributed by atoms with Crippen molar-refractivity contribution in [3.8, 4) is 0 Å². The van der Waals surface area contributed by atoms with E-state index in [1.165, 1.54) is 198 Å². The van der Waals surface area contributed by atoms with E-state index < -0.39 is 0 Å². The van der Waals surface area contributed by atoms with E-state index in [1.807, 2.05) is 0 Å². The molecular formula is C35H68N4. The van der Waals surface area contributed by atoms with Crippen LogP contribution in [-0.4, -0.2) is 33.0 Å². The normalized spacial score (nSPS) is 13.4. The molecule has 0 unspecified atom stereocenters. The molecule has 228 valence electrons. The predicted molar refractivity (Wildman–Crippen MR) is 170 cm³/mol. The fourth-order valence-electron chi connectivity index (χ4n) is 6.33. The van der Waals surface area contributed by atoms with Crippen LogP contribution in [0.2, 0.25) is 0 Å². The van der Waals surface area contributed by atoms with E-state index >= 15 is 0 Å².